The van der Waals surface area contributed by atoms with Crippen molar-refractivity contribution in [2.75, 3.05) is 5.32 Å². The van der Waals surface area contributed by atoms with Gasteiger partial charge in [-0.15, -0.1) is 0 Å². The third kappa shape index (κ3) is 3.01. The van der Waals surface area contributed by atoms with Crippen LogP contribution >= 0.6 is 11.6 Å². The summed E-state index contributed by atoms with van der Waals surface area (Å²) < 4.78 is 1.92. The summed E-state index contributed by atoms with van der Waals surface area (Å²) in [5.74, 6) is 0. The number of benzene rings is 1. The van der Waals surface area contributed by atoms with Crippen LogP contribution in [0.1, 0.15) is 18.1 Å². The fraction of sp³-hybridized carbons (Fsp3) is 0.308. The Labute approximate surface area is 106 Å². The van der Waals surface area contributed by atoms with Crippen molar-refractivity contribution in [2.45, 2.75) is 26.9 Å². The van der Waals surface area contributed by atoms with E-state index in [0.29, 0.717) is 0 Å². The zero-order valence-electron chi connectivity index (χ0n) is 10.1. The van der Waals surface area contributed by atoms with E-state index in [1.165, 1.54) is 11.1 Å². The van der Waals surface area contributed by atoms with Crippen LogP contribution in [-0.4, -0.2) is 9.78 Å². The zero-order chi connectivity index (χ0) is 12.3. The van der Waals surface area contributed by atoms with E-state index in [0.717, 1.165) is 23.8 Å². The highest BCUT2D eigenvalue weighted by molar-refractivity contribution is 6.30. The first kappa shape index (κ1) is 12.0. The third-order valence-electron chi connectivity index (χ3n) is 2.69. The average molecular weight is 250 g/mol. The number of anilines is 1. The van der Waals surface area contributed by atoms with Crippen LogP contribution in [0.25, 0.3) is 0 Å². The van der Waals surface area contributed by atoms with Gasteiger partial charge in [-0.3, -0.25) is 4.68 Å². The summed E-state index contributed by atoms with van der Waals surface area (Å²) in [4.78, 5) is 0. The molecule has 0 aliphatic carbocycles. The highest BCUT2D eigenvalue weighted by Crippen LogP contribution is 2.20. The summed E-state index contributed by atoms with van der Waals surface area (Å²) in [5, 5.41) is 8.36. The summed E-state index contributed by atoms with van der Waals surface area (Å²) in [5.41, 5.74) is 3.44. The molecule has 0 aliphatic heterocycles. The maximum atomic E-state index is 5.97. The van der Waals surface area contributed by atoms with Crippen LogP contribution in [0.5, 0.6) is 0 Å². The molecule has 0 saturated heterocycles. The van der Waals surface area contributed by atoms with Gasteiger partial charge < -0.3 is 5.32 Å². The Morgan fingerprint density at radius 1 is 1.41 bits per heavy atom. The molecular weight excluding hydrogens is 234 g/mol. The molecular formula is C13H16ClN3. The van der Waals surface area contributed by atoms with Gasteiger partial charge in [0.05, 0.1) is 6.20 Å². The Bertz CT molecular complexity index is 505. The lowest BCUT2D eigenvalue weighted by molar-refractivity contribution is 0.659. The van der Waals surface area contributed by atoms with E-state index in [-0.39, 0.29) is 0 Å². The van der Waals surface area contributed by atoms with Crippen LogP contribution in [0.15, 0.2) is 30.6 Å². The number of rotatable bonds is 4. The number of nitrogens with one attached hydrogen (secondary N) is 1. The van der Waals surface area contributed by atoms with Crippen LogP contribution in [0, 0.1) is 6.92 Å². The molecule has 0 saturated carbocycles. The number of aryl methyl sites for hydroxylation is 2. The van der Waals surface area contributed by atoms with E-state index < -0.39 is 0 Å². The molecule has 90 valence electrons. The molecule has 0 atom stereocenters. The van der Waals surface area contributed by atoms with Crippen molar-refractivity contribution in [1.82, 2.24) is 9.78 Å². The number of hydrogen-bond donors (Lipinski definition) is 1. The Morgan fingerprint density at radius 3 is 2.94 bits per heavy atom. The molecule has 1 aromatic heterocycles. The van der Waals surface area contributed by atoms with Crippen LogP contribution < -0.4 is 5.32 Å². The fourth-order valence-corrected chi connectivity index (χ4v) is 1.82. The maximum Gasteiger partial charge on any atom is 0.0539 e. The Kier molecular flexibility index (Phi) is 3.69. The molecule has 0 unspecified atom stereocenters. The first-order chi connectivity index (χ1) is 8.19. The van der Waals surface area contributed by atoms with E-state index in [2.05, 4.69) is 24.3 Å². The second-order valence-electron chi connectivity index (χ2n) is 4.02. The van der Waals surface area contributed by atoms with Gasteiger partial charge in [-0.05, 0) is 31.5 Å². The van der Waals surface area contributed by atoms with Crippen molar-refractivity contribution in [3.8, 4) is 0 Å². The molecule has 0 bridgehead atoms. The fourth-order valence-electron chi connectivity index (χ4n) is 1.65. The number of aromatic nitrogens is 2. The minimum Gasteiger partial charge on any atom is -0.381 e. The zero-order valence-corrected chi connectivity index (χ0v) is 10.8. The van der Waals surface area contributed by atoms with Gasteiger partial charge in [-0.25, -0.2) is 0 Å². The van der Waals surface area contributed by atoms with Gasteiger partial charge in [0.15, 0.2) is 0 Å². The summed E-state index contributed by atoms with van der Waals surface area (Å²) >= 11 is 5.97. The van der Waals surface area contributed by atoms with Crippen molar-refractivity contribution in [1.29, 1.82) is 0 Å². The predicted molar refractivity (Wildman–Crippen MR) is 71.4 cm³/mol. The van der Waals surface area contributed by atoms with E-state index in [1.807, 2.05) is 35.3 Å². The highest BCUT2D eigenvalue weighted by atomic mass is 35.5. The first-order valence-electron chi connectivity index (χ1n) is 5.70. The van der Waals surface area contributed by atoms with Gasteiger partial charge in [0, 0.05) is 35.6 Å². The van der Waals surface area contributed by atoms with E-state index in [1.54, 1.807) is 0 Å². The molecule has 17 heavy (non-hydrogen) atoms. The van der Waals surface area contributed by atoms with Crippen LogP contribution in [0.2, 0.25) is 5.02 Å². The van der Waals surface area contributed by atoms with Gasteiger partial charge in [-0.2, -0.15) is 5.10 Å². The molecule has 0 fully saturated rings. The molecule has 1 aromatic carbocycles. The third-order valence-corrected chi connectivity index (χ3v) is 2.93. The van der Waals surface area contributed by atoms with Crippen molar-refractivity contribution < 1.29 is 0 Å². The Balaban J connectivity index is 2.04. The quantitative estimate of drug-likeness (QED) is 0.899. The summed E-state index contributed by atoms with van der Waals surface area (Å²) in [6.45, 7) is 5.80. The monoisotopic (exact) mass is 249 g/mol. The normalized spacial score (nSPS) is 10.5. The van der Waals surface area contributed by atoms with Gasteiger partial charge in [0.2, 0.25) is 0 Å². The van der Waals surface area contributed by atoms with Crippen molar-refractivity contribution in [2.24, 2.45) is 0 Å². The first-order valence-corrected chi connectivity index (χ1v) is 6.08. The lowest BCUT2D eigenvalue weighted by Gasteiger charge is -2.08. The average Bonchev–Trinajstić information content (AvgIpc) is 2.78. The smallest absolute Gasteiger partial charge is 0.0539 e. The second kappa shape index (κ2) is 5.23. The van der Waals surface area contributed by atoms with Gasteiger partial charge in [0.1, 0.15) is 0 Å². The lowest BCUT2D eigenvalue weighted by Crippen LogP contribution is -2.00. The summed E-state index contributed by atoms with van der Waals surface area (Å²) in [7, 11) is 0. The van der Waals surface area contributed by atoms with Gasteiger partial charge >= 0.3 is 0 Å². The van der Waals surface area contributed by atoms with Crippen molar-refractivity contribution >= 4 is 17.3 Å². The standard InChI is InChI=1S/C13H16ClN3/c1-3-17-9-11(8-16-17)7-15-13-6-12(14)5-4-10(13)2/h4-6,8-9,15H,3,7H2,1-2H3. The number of hydrogen-bond acceptors (Lipinski definition) is 2. The molecule has 4 heteroatoms. The minimum absolute atomic E-state index is 0.752. The van der Waals surface area contributed by atoms with E-state index in [4.69, 9.17) is 11.6 Å². The largest absolute Gasteiger partial charge is 0.381 e. The van der Waals surface area contributed by atoms with Gasteiger partial charge in [-0.1, -0.05) is 17.7 Å². The van der Waals surface area contributed by atoms with E-state index in [9.17, 15) is 0 Å². The predicted octanol–water partition coefficient (Wildman–Crippen LogP) is 3.48. The highest BCUT2D eigenvalue weighted by Gasteiger charge is 2.01. The number of nitrogens with zero attached hydrogens (tertiary/aromatic N) is 2. The Hall–Kier alpha value is -1.48. The van der Waals surface area contributed by atoms with Crippen molar-refractivity contribution in [3.63, 3.8) is 0 Å². The summed E-state index contributed by atoms with van der Waals surface area (Å²) in [6.07, 6.45) is 3.93. The van der Waals surface area contributed by atoms with Crippen LogP contribution in [-0.2, 0) is 13.1 Å². The molecule has 0 aliphatic rings. The molecule has 1 heterocycles. The van der Waals surface area contributed by atoms with Crippen LogP contribution in [0.3, 0.4) is 0 Å². The molecule has 0 spiro atoms. The molecule has 0 radical (unpaired) electrons. The molecule has 1 N–H and O–H groups in total. The number of halogens is 1. The Morgan fingerprint density at radius 2 is 2.24 bits per heavy atom. The van der Waals surface area contributed by atoms with Crippen molar-refractivity contribution in [3.05, 3.63) is 46.7 Å². The second-order valence-corrected chi connectivity index (χ2v) is 4.45. The lowest BCUT2D eigenvalue weighted by atomic mass is 10.2. The summed E-state index contributed by atoms with van der Waals surface area (Å²) in [6, 6.07) is 5.86. The minimum atomic E-state index is 0.752. The molecule has 2 aromatic rings. The SMILES string of the molecule is CCn1cc(CNc2cc(Cl)ccc2C)cn1. The molecule has 0 amide bonds. The van der Waals surface area contributed by atoms with Gasteiger partial charge in [0.25, 0.3) is 0 Å². The van der Waals surface area contributed by atoms with E-state index >= 15 is 0 Å². The maximum absolute atomic E-state index is 5.97. The van der Waals surface area contributed by atoms with Crippen LogP contribution in [0.4, 0.5) is 5.69 Å². The molecule has 2 rings (SSSR count). The molecule has 3 nitrogen and oxygen atoms in total. The topological polar surface area (TPSA) is 29.9 Å².